The summed E-state index contributed by atoms with van der Waals surface area (Å²) in [7, 11) is 0. The second kappa shape index (κ2) is 9.52. The molecular weight excluding hydrogens is 476 g/mol. The molecule has 0 bridgehead atoms. The van der Waals surface area contributed by atoms with Gasteiger partial charge in [0.25, 0.3) is 11.8 Å². The first-order valence-corrected chi connectivity index (χ1v) is 12.4. The highest BCUT2D eigenvalue weighted by atomic mass is 32.1. The summed E-state index contributed by atoms with van der Waals surface area (Å²) in [6, 6.07) is 15.0. The third-order valence-corrected chi connectivity index (χ3v) is 7.55. The largest absolute Gasteiger partial charge is 0.397 e. The number of nitrogens with zero attached hydrogens (tertiary/aromatic N) is 1. The molecule has 9 heteroatoms. The summed E-state index contributed by atoms with van der Waals surface area (Å²) in [6.07, 6.45) is 0. The van der Waals surface area contributed by atoms with Crippen LogP contribution in [0.25, 0.3) is 20.5 Å². The molecule has 0 aliphatic heterocycles. The van der Waals surface area contributed by atoms with Crippen LogP contribution in [0.5, 0.6) is 0 Å². The fraction of sp³-hybridized carbons (Fsp3) is 0.200. The number of anilines is 2. The van der Waals surface area contributed by atoms with Crippen molar-refractivity contribution in [1.82, 2.24) is 4.90 Å². The van der Waals surface area contributed by atoms with Crippen molar-refractivity contribution in [3.63, 3.8) is 0 Å². The number of alkyl halides is 2. The molecule has 2 amide bonds. The van der Waals surface area contributed by atoms with E-state index in [1.165, 1.54) is 18.2 Å². The second-order valence-corrected chi connectivity index (χ2v) is 9.68. The normalized spacial score (nSPS) is 11.5. The van der Waals surface area contributed by atoms with Crippen molar-refractivity contribution >= 4 is 55.9 Å². The van der Waals surface area contributed by atoms with Gasteiger partial charge in [-0.25, -0.2) is 0 Å². The van der Waals surface area contributed by atoms with Crippen LogP contribution in [0.2, 0.25) is 0 Å². The van der Waals surface area contributed by atoms with E-state index in [0.29, 0.717) is 26.3 Å². The number of halogens is 2. The Labute approximate surface area is 203 Å². The number of nitrogens with one attached hydrogen (secondary N) is 1. The van der Waals surface area contributed by atoms with Crippen molar-refractivity contribution in [3.8, 4) is 10.4 Å². The Balaban J connectivity index is 1.60. The number of nitrogen functional groups attached to an aromatic ring is 1. The molecule has 2 heterocycles. The molecule has 34 heavy (non-hydrogen) atoms. The zero-order valence-corrected chi connectivity index (χ0v) is 20.2. The molecule has 2 aromatic heterocycles. The van der Waals surface area contributed by atoms with Crippen LogP contribution in [-0.4, -0.2) is 29.8 Å². The minimum Gasteiger partial charge on any atom is -0.397 e. The lowest BCUT2D eigenvalue weighted by atomic mass is 10.1. The number of likely N-dealkylation sites (N-methyl/N-ethyl adjacent to an activating group) is 1. The number of hydrogen-bond donors (Lipinski definition) is 2. The summed E-state index contributed by atoms with van der Waals surface area (Å²) in [5, 5.41) is 5.44. The van der Waals surface area contributed by atoms with Gasteiger partial charge in [-0.05, 0) is 60.5 Å². The highest BCUT2D eigenvalue weighted by Crippen LogP contribution is 2.36. The molecular formula is C25H23F2N3O2S2. The van der Waals surface area contributed by atoms with Crippen molar-refractivity contribution in [3.05, 3.63) is 70.4 Å². The lowest BCUT2D eigenvalue weighted by Crippen LogP contribution is -2.41. The van der Waals surface area contributed by atoms with Crippen LogP contribution in [0.3, 0.4) is 0 Å². The zero-order chi connectivity index (χ0) is 24.5. The van der Waals surface area contributed by atoms with Crippen LogP contribution in [-0.2, 0) is 10.7 Å². The molecule has 4 rings (SSSR count). The molecule has 0 atom stereocenters. The van der Waals surface area contributed by atoms with Crippen LogP contribution >= 0.6 is 22.7 Å². The van der Waals surface area contributed by atoms with Gasteiger partial charge in [0.05, 0.1) is 16.3 Å². The summed E-state index contributed by atoms with van der Waals surface area (Å²) < 4.78 is 30.2. The number of carbonyl (C=O) groups is 2. The Hall–Kier alpha value is -3.30. The monoisotopic (exact) mass is 499 g/mol. The second-order valence-electron chi connectivity index (χ2n) is 7.65. The molecule has 5 nitrogen and oxygen atoms in total. The van der Waals surface area contributed by atoms with Crippen molar-refractivity contribution in [2.75, 3.05) is 24.1 Å². The number of rotatable bonds is 7. The molecule has 4 aromatic rings. The van der Waals surface area contributed by atoms with Crippen molar-refractivity contribution in [2.45, 2.75) is 19.8 Å². The highest BCUT2D eigenvalue weighted by Gasteiger charge is 2.43. The number of hydrogen-bond acceptors (Lipinski definition) is 5. The van der Waals surface area contributed by atoms with Gasteiger partial charge >= 0.3 is 5.92 Å². The number of carbonyl (C=O) groups excluding carboxylic acids is 2. The Morgan fingerprint density at radius 2 is 1.82 bits per heavy atom. The van der Waals surface area contributed by atoms with Crippen molar-refractivity contribution in [1.29, 1.82) is 0 Å². The van der Waals surface area contributed by atoms with E-state index < -0.39 is 17.4 Å². The van der Waals surface area contributed by atoms with Gasteiger partial charge in [0.15, 0.2) is 0 Å². The third kappa shape index (κ3) is 4.53. The molecule has 0 saturated carbocycles. The predicted molar refractivity (Wildman–Crippen MR) is 136 cm³/mol. The molecule has 176 valence electrons. The third-order valence-electron chi connectivity index (χ3n) is 5.53. The lowest BCUT2D eigenvalue weighted by molar-refractivity contribution is -0.158. The first-order chi connectivity index (χ1) is 16.2. The van der Waals surface area contributed by atoms with Gasteiger partial charge in [0, 0.05) is 28.2 Å². The fourth-order valence-corrected chi connectivity index (χ4v) is 5.34. The van der Waals surface area contributed by atoms with Crippen molar-refractivity contribution < 1.29 is 18.4 Å². The van der Waals surface area contributed by atoms with E-state index in [1.807, 2.05) is 29.6 Å². The molecule has 0 aliphatic carbocycles. The average molecular weight is 500 g/mol. The van der Waals surface area contributed by atoms with Crippen LogP contribution in [0.4, 0.5) is 20.2 Å². The first-order valence-electron chi connectivity index (χ1n) is 10.7. The fourth-order valence-electron chi connectivity index (χ4n) is 3.62. The van der Waals surface area contributed by atoms with E-state index in [1.54, 1.807) is 37.3 Å². The number of amides is 2. The van der Waals surface area contributed by atoms with Crippen LogP contribution in [0, 0.1) is 0 Å². The standard InChI is InChI=1S/C25H23F2N3O2S2/c1-3-30(4-2)24(32)25(26,27)17-9-7-16-13-22(34-21(16)14-17)23(31)29-19-12-15(8-10-18(19)28)20-6-5-11-33-20/h5-14H,3-4,28H2,1-2H3,(H,29,31). The van der Waals surface area contributed by atoms with Gasteiger partial charge in [0.2, 0.25) is 0 Å². The minimum atomic E-state index is -3.65. The Morgan fingerprint density at radius 1 is 1.06 bits per heavy atom. The maximum atomic E-state index is 14.9. The lowest BCUT2D eigenvalue weighted by Gasteiger charge is -2.24. The molecule has 2 aromatic carbocycles. The molecule has 0 aliphatic rings. The number of nitrogens with two attached hydrogens (primary N) is 1. The number of fused-ring (bicyclic) bond motifs is 1. The summed E-state index contributed by atoms with van der Waals surface area (Å²) in [5.41, 5.74) is 7.50. The Kier molecular flexibility index (Phi) is 6.67. The van der Waals surface area contributed by atoms with Gasteiger partial charge in [-0.15, -0.1) is 22.7 Å². The number of benzene rings is 2. The van der Waals surface area contributed by atoms with E-state index in [9.17, 15) is 18.4 Å². The smallest absolute Gasteiger partial charge is 0.350 e. The predicted octanol–water partition coefficient (Wildman–Crippen LogP) is 6.42. The van der Waals surface area contributed by atoms with Crippen molar-refractivity contribution in [2.24, 2.45) is 0 Å². The summed E-state index contributed by atoms with van der Waals surface area (Å²) in [6.45, 7) is 3.72. The van der Waals surface area contributed by atoms with Gasteiger partial charge in [-0.2, -0.15) is 8.78 Å². The quantitative estimate of drug-likeness (QED) is 0.288. The minimum absolute atomic E-state index is 0.202. The van der Waals surface area contributed by atoms with E-state index in [2.05, 4.69) is 5.32 Å². The van der Waals surface area contributed by atoms with E-state index >= 15 is 0 Å². The topological polar surface area (TPSA) is 75.4 Å². The SMILES string of the molecule is CCN(CC)C(=O)C(F)(F)c1ccc2cc(C(=O)Nc3cc(-c4cccs4)ccc3N)sc2c1. The molecule has 0 radical (unpaired) electrons. The van der Waals surface area contributed by atoms with E-state index in [4.69, 9.17) is 5.73 Å². The summed E-state index contributed by atoms with van der Waals surface area (Å²) in [5.74, 6) is -5.26. The van der Waals surface area contributed by atoms with E-state index in [0.717, 1.165) is 26.7 Å². The van der Waals surface area contributed by atoms with Crippen LogP contribution in [0.1, 0.15) is 29.1 Å². The summed E-state index contributed by atoms with van der Waals surface area (Å²) >= 11 is 2.66. The first kappa shape index (κ1) is 23.8. The molecule has 0 fully saturated rings. The zero-order valence-electron chi connectivity index (χ0n) is 18.6. The average Bonchev–Trinajstić information content (AvgIpc) is 3.51. The van der Waals surface area contributed by atoms with Gasteiger partial charge in [-0.1, -0.05) is 24.3 Å². The van der Waals surface area contributed by atoms with Gasteiger partial charge in [-0.3, -0.25) is 9.59 Å². The van der Waals surface area contributed by atoms with E-state index in [-0.39, 0.29) is 19.0 Å². The summed E-state index contributed by atoms with van der Waals surface area (Å²) in [4.78, 5) is 27.8. The maximum absolute atomic E-state index is 14.9. The highest BCUT2D eigenvalue weighted by molar-refractivity contribution is 7.21. The molecule has 0 saturated heterocycles. The molecule has 0 spiro atoms. The maximum Gasteiger partial charge on any atom is 0.350 e. The van der Waals surface area contributed by atoms with Crippen LogP contribution in [0.15, 0.2) is 60.0 Å². The molecule has 0 unspecified atom stereocenters. The van der Waals surface area contributed by atoms with Crippen LogP contribution < -0.4 is 11.1 Å². The number of thiophene rings is 2. The Morgan fingerprint density at radius 3 is 2.50 bits per heavy atom. The van der Waals surface area contributed by atoms with Gasteiger partial charge < -0.3 is 16.0 Å². The Bertz CT molecular complexity index is 1350. The molecule has 3 N–H and O–H groups in total. The van der Waals surface area contributed by atoms with Gasteiger partial charge in [0.1, 0.15) is 0 Å².